The van der Waals surface area contributed by atoms with Crippen LogP contribution in [-0.4, -0.2) is 31.4 Å². The lowest BCUT2D eigenvalue weighted by Gasteiger charge is -2.28. The van der Waals surface area contributed by atoms with Crippen LogP contribution in [0.15, 0.2) is 0 Å². The first kappa shape index (κ1) is 16.0. The third kappa shape index (κ3) is 5.19. The van der Waals surface area contributed by atoms with E-state index in [1.165, 1.54) is 0 Å². The zero-order valence-electron chi connectivity index (χ0n) is 12.3. The van der Waals surface area contributed by atoms with Gasteiger partial charge in [-0.05, 0) is 51.6 Å². The van der Waals surface area contributed by atoms with Gasteiger partial charge in [-0.15, -0.1) is 0 Å². The molecule has 0 aliphatic carbocycles. The SMILES string of the molecule is CC(CC(=O)NCC(C)(C)C(N)=O)C1CCNCC1. The quantitative estimate of drug-likeness (QED) is 0.661. The number of nitrogens with two attached hydrogens (primary N) is 1. The Morgan fingerprint density at radius 1 is 1.37 bits per heavy atom. The minimum absolute atomic E-state index is 0.0142. The number of rotatable bonds is 6. The van der Waals surface area contributed by atoms with Crippen LogP contribution in [-0.2, 0) is 9.59 Å². The molecule has 1 fully saturated rings. The molecular weight excluding hydrogens is 242 g/mol. The smallest absolute Gasteiger partial charge is 0.224 e. The molecule has 1 aliphatic heterocycles. The van der Waals surface area contributed by atoms with Gasteiger partial charge in [0.2, 0.25) is 11.8 Å². The van der Waals surface area contributed by atoms with Gasteiger partial charge in [-0.3, -0.25) is 9.59 Å². The monoisotopic (exact) mass is 269 g/mol. The average Bonchev–Trinajstić information content (AvgIpc) is 2.37. The molecule has 5 nitrogen and oxygen atoms in total. The van der Waals surface area contributed by atoms with E-state index in [1.807, 2.05) is 0 Å². The molecule has 1 heterocycles. The molecule has 1 rings (SSSR count). The molecule has 0 bridgehead atoms. The van der Waals surface area contributed by atoms with Crippen molar-refractivity contribution in [1.82, 2.24) is 10.6 Å². The van der Waals surface area contributed by atoms with Gasteiger partial charge in [0.25, 0.3) is 0 Å². The van der Waals surface area contributed by atoms with Crippen LogP contribution in [0, 0.1) is 17.3 Å². The molecule has 5 heteroatoms. The molecule has 1 atom stereocenters. The highest BCUT2D eigenvalue weighted by Gasteiger charge is 2.26. The Hall–Kier alpha value is -1.10. The summed E-state index contributed by atoms with van der Waals surface area (Å²) in [7, 11) is 0. The van der Waals surface area contributed by atoms with Crippen molar-refractivity contribution in [2.75, 3.05) is 19.6 Å². The van der Waals surface area contributed by atoms with Crippen LogP contribution >= 0.6 is 0 Å². The third-order valence-corrected chi connectivity index (χ3v) is 4.09. The van der Waals surface area contributed by atoms with Crippen LogP contribution in [0.1, 0.15) is 40.0 Å². The first-order valence-corrected chi connectivity index (χ1v) is 7.10. The summed E-state index contributed by atoms with van der Waals surface area (Å²) in [5, 5.41) is 6.15. The van der Waals surface area contributed by atoms with Gasteiger partial charge in [-0.2, -0.15) is 0 Å². The molecule has 0 radical (unpaired) electrons. The van der Waals surface area contributed by atoms with E-state index in [1.54, 1.807) is 13.8 Å². The van der Waals surface area contributed by atoms with Gasteiger partial charge in [0.15, 0.2) is 0 Å². The molecule has 19 heavy (non-hydrogen) atoms. The molecule has 0 spiro atoms. The minimum Gasteiger partial charge on any atom is -0.369 e. The fourth-order valence-corrected chi connectivity index (χ4v) is 2.35. The third-order valence-electron chi connectivity index (χ3n) is 4.09. The van der Waals surface area contributed by atoms with E-state index in [2.05, 4.69) is 17.6 Å². The normalized spacial score (nSPS) is 18.9. The zero-order chi connectivity index (χ0) is 14.5. The molecule has 0 aromatic heterocycles. The van der Waals surface area contributed by atoms with E-state index < -0.39 is 5.41 Å². The van der Waals surface area contributed by atoms with E-state index >= 15 is 0 Å². The van der Waals surface area contributed by atoms with Gasteiger partial charge in [0, 0.05) is 13.0 Å². The highest BCUT2D eigenvalue weighted by molar-refractivity contribution is 5.82. The van der Waals surface area contributed by atoms with Gasteiger partial charge in [0.1, 0.15) is 0 Å². The first-order chi connectivity index (χ1) is 8.83. The van der Waals surface area contributed by atoms with E-state index in [9.17, 15) is 9.59 Å². The lowest BCUT2D eigenvalue weighted by Crippen LogP contribution is -2.43. The number of piperidine rings is 1. The second-order valence-corrected chi connectivity index (χ2v) is 6.29. The van der Waals surface area contributed by atoms with Gasteiger partial charge < -0.3 is 16.4 Å². The Balaban J connectivity index is 2.32. The lowest BCUT2D eigenvalue weighted by molar-refractivity contribution is -0.127. The Labute approximate surface area is 115 Å². The van der Waals surface area contributed by atoms with Gasteiger partial charge in [0.05, 0.1) is 5.41 Å². The standard InChI is InChI=1S/C14H27N3O2/c1-10(11-4-6-16-7-5-11)8-12(18)17-9-14(2,3)13(15)19/h10-11,16H,4-9H2,1-3H3,(H2,15,19)(H,17,18). The largest absolute Gasteiger partial charge is 0.369 e. The minimum atomic E-state index is -0.687. The summed E-state index contributed by atoms with van der Waals surface area (Å²) >= 11 is 0. The van der Waals surface area contributed by atoms with E-state index in [0.717, 1.165) is 25.9 Å². The van der Waals surface area contributed by atoms with Crippen molar-refractivity contribution in [3.8, 4) is 0 Å². The molecule has 110 valence electrons. The Morgan fingerprint density at radius 2 is 1.95 bits per heavy atom. The summed E-state index contributed by atoms with van der Waals surface area (Å²) in [5.74, 6) is 0.634. The van der Waals surface area contributed by atoms with Crippen molar-refractivity contribution in [3.63, 3.8) is 0 Å². The van der Waals surface area contributed by atoms with Crippen LogP contribution in [0.2, 0.25) is 0 Å². The molecule has 0 aromatic carbocycles. The summed E-state index contributed by atoms with van der Waals surface area (Å²) < 4.78 is 0. The van der Waals surface area contributed by atoms with Crippen LogP contribution in [0.3, 0.4) is 0 Å². The number of nitrogens with one attached hydrogen (secondary N) is 2. The maximum Gasteiger partial charge on any atom is 0.224 e. The van der Waals surface area contributed by atoms with Crippen molar-refractivity contribution < 1.29 is 9.59 Å². The fourth-order valence-electron chi connectivity index (χ4n) is 2.35. The molecular formula is C14H27N3O2. The number of carbonyl (C=O) groups is 2. The summed E-state index contributed by atoms with van der Waals surface area (Å²) in [4.78, 5) is 23.1. The van der Waals surface area contributed by atoms with Crippen molar-refractivity contribution >= 4 is 11.8 Å². The molecule has 1 saturated heterocycles. The highest BCUT2D eigenvalue weighted by Crippen LogP contribution is 2.24. The van der Waals surface area contributed by atoms with E-state index in [-0.39, 0.29) is 11.8 Å². The Kier molecular flexibility index (Phi) is 5.79. The first-order valence-electron chi connectivity index (χ1n) is 7.10. The summed E-state index contributed by atoms with van der Waals surface area (Å²) in [6.45, 7) is 8.02. The second-order valence-electron chi connectivity index (χ2n) is 6.29. The molecule has 2 amide bonds. The molecule has 1 aliphatic rings. The van der Waals surface area contributed by atoms with Crippen LogP contribution in [0.5, 0.6) is 0 Å². The molecule has 1 unspecified atom stereocenters. The number of hydrogen-bond donors (Lipinski definition) is 3. The fraction of sp³-hybridized carbons (Fsp3) is 0.857. The summed E-state index contributed by atoms with van der Waals surface area (Å²) in [6.07, 6.45) is 2.81. The highest BCUT2D eigenvalue weighted by atomic mass is 16.2. The van der Waals surface area contributed by atoms with E-state index in [0.29, 0.717) is 24.8 Å². The van der Waals surface area contributed by atoms with Crippen LogP contribution in [0.4, 0.5) is 0 Å². The average molecular weight is 269 g/mol. The number of carbonyl (C=O) groups excluding carboxylic acids is 2. The Bertz CT molecular complexity index is 323. The molecule has 0 aromatic rings. The van der Waals surface area contributed by atoms with Gasteiger partial charge in [-0.1, -0.05) is 6.92 Å². The van der Waals surface area contributed by atoms with Gasteiger partial charge in [-0.25, -0.2) is 0 Å². The predicted octanol–water partition coefficient (Wildman–Crippen LogP) is 0.640. The van der Waals surface area contributed by atoms with Crippen LogP contribution in [0.25, 0.3) is 0 Å². The van der Waals surface area contributed by atoms with Crippen molar-refractivity contribution in [1.29, 1.82) is 0 Å². The number of hydrogen-bond acceptors (Lipinski definition) is 3. The Morgan fingerprint density at radius 3 is 2.47 bits per heavy atom. The molecule has 4 N–H and O–H groups in total. The topological polar surface area (TPSA) is 84.2 Å². The summed E-state index contributed by atoms with van der Waals surface area (Å²) in [6, 6.07) is 0. The van der Waals surface area contributed by atoms with E-state index in [4.69, 9.17) is 5.73 Å². The lowest BCUT2D eigenvalue weighted by atomic mass is 9.84. The van der Waals surface area contributed by atoms with Crippen molar-refractivity contribution in [2.24, 2.45) is 23.0 Å². The maximum atomic E-state index is 11.9. The second kappa shape index (κ2) is 6.89. The maximum absolute atomic E-state index is 11.9. The zero-order valence-corrected chi connectivity index (χ0v) is 12.3. The van der Waals surface area contributed by atoms with Gasteiger partial charge >= 0.3 is 0 Å². The number of amides is 2. The van der Waals surface area contributed by atoms with Crippen LogP contribution < -0.4 is 16.4 Å². The molecule has 0 saturated carbocycles. The van der Waals surface area contributed by atoms with Crippen molar-refractivity contribution in [2.45, 2.75) is 40.0 Å². The number of primary amides is 1. The van der Waals surface area contributed by atoms with Crippen molar-refractivity contribution in [3.05, 3.63) is 0 Å². The predicted molar refractivity (Wildman–Crippen MR) is 75.4 cm³/mol. The summed E-state index contributed by atoms with van der Waals surface area (Å²) in [5.41, 5.74) is 4.59.